The fourth-order valence-electron chi connectivity index (χ4n) is 4.28. The molecule has 1 atom stereocenters. The third-order valence-electron chi connectivity index (χ3n) is 6.26. The monoisotopic (exact) mass is 489 g/mol. The molecule has 1 heterocycles. The maximum Gasteiger partial charge on any atom is 0.410 e. The number of carboxylic acids is 1. The van der Waals surface area contributed by atoms with E-state index >= 15 is 0 Å². The van der Waals surface area contributed by atoms with Crippen molar-refractivity contribution in [2.24, 2.45) is 5.41 Å². The zero-order valence-electron chi connectivity index (χ0n) is 21.8. The molecule has 1 aliphatic heterocycles. The summed E-state index contributed by atoms with van der Waals surface area (Å²) in [5, 5.41) is 9.54. The van der Waals surface area contributed by atoms with E-state index < -0.39 is 29.6 Å². The lowest BCUT2D eigenvalue weighted by Gasteiger charge is -2.34. The van der Waals surface area contributed by atoms with Crippen LogP contribution in [-0.2, 0) is 32.2 Å². The molecule has 0 aliphatic carbocycles. The molecule has 3 amide bonds. The maximum absolute atomic E-state index is 13.7. The smallest absolute Gasteiger partial charge is 0.410 e. The molecule has 0 saturated carbocycles. The van der Waals surface area contributed by atoms with Crippen LogP contribution in [0.3, 0.4) is 0 Å². The van der Waals surface area contributed by atoms with Crippen molar-refractivity contribution >= 4 is 23.9 Å². The number of likely N-dealkylation sites (tertiary alicyclic amines) is 1. The van der Waals surface area contributed by atoms with Crippen LogP contribution in [0.4, 0.5) is 4.79 Å². The lowest BCUT2D eigenvalue weighted by molar-refractivity contribution is -0.150. The summed E-state index contributed by atoms with van der Waals surface area (Å²) in [6.07, 6.45) is 1.27. The molecule has 1 aromatic rings. The molecule has 9 nitrogen and oxygen atoms in total. The van der Waals surface area contributed by atoms with Crippen LogP contribution in [0.25, 0.3) is 0 Å². The van der Waals surface area contributed by atoms with Gasteiger partial charge in [-0.05, 0) is 51.2 Å². The highest BCUT2D eigenvalue weighted by Crippen LogP contribution is 2.34. The molecule has 1 fully saturated rings. The molecule has 1 aliphatic rings. The van der Waals surface area contributed by atoms with Gasteiger partial charge in [-0.25, -0.2) is 4.79 Å². The van der Waals surface area contributed by atoms with Crippen LogP contribution >= 0.6 is 0 Å². The molecule has 2 rings (SSSR count). The van der Waals surface area contributed by atoms with Crippen LogP contribution in [0.1, 0.15) is 65.0 Å². The summed E-state index contributed by atoms with van der Waals surface area (Å²) in [5.41, 5.74) is 0.182. The number of carbonyl (C=O) groups excluding carboxylic acids is 3. The van der Waals surface area contributed by atoms with E-state index in [2.05, 4.69) is 0 Å². The van der Waals surface area contributed by atoms with Crippen molar-refractivity contribution in [2.75, 3.05) is 26.7 Å². The normalized spacial score (nSPS) is 18.4. The van der Waals surface area contributed by atoms with Crippen LogP contribution in [0.15, 0.2) is 24.3 Å². The Morgan fingerprint density at radius 2 is 1.66 bits per heavy atom. The number of carbonyl (C=O) groups is 4. The summed E-state index contributed by atoms with van der Waals surface area (Å²) < 4.78 is 5.43. The average Bonchev–Trinajstić information content (AvgIpc) is 2.95. The molecule has 0 bridgehead atoms. The Morgan fingerprint density at radius 3 is 2.20 bits per heavy atom. The predicted octanol–water partition coefficient (Wildman–Crippen LogP) is 3.51. The highest BCUT2D eigenvalue weighted by Gasteiger charge is 2.39. The number of hydrogen-bond acceptors (Lipinski definition) is 5. The number of benzene rings is 1. The van der Waals surface area contributed by atoms with Crippen molar-refractivity contribution in [3.8, 4) is 0 Å². The lowest BCUT2D eigenvalue weighted by Crippen LogP contribution is -2.45. The first-order chi connectivity index (χ1) is 16.2. The van der Waals surface area contributed by atoms with Gasteiger partial charge in [0.15, 0.2) is 0 Å². The Balaban J connectivity index is 2.24. The van der Waals surface area contributed by atoms with Gasteiger partial charge in [-0.3, -0.25) is 14.4 Å². The minimum Gasteiger partial charge on any atom is -0.480 e. The molecule has 1 N–H and O–H groups in total. The van der Waals surface area contributed by atoms with E-state index in [1.165, 1.54) is 16.7 Å². The summed E-state index contributed by atoms with van der Waals surface area (Å²) in [7, 11) is 1.64. The molecular weight excluding hydrogens is 450 g/mol. The van der Waals surface area contributed by atoms with Gasteiger partial charge in [0.1, 0.15) is 12.1 Å². The predicted molar refractivity (Wildman–Crippen MR) is 131 cm³/mol. The van der Waals surface area contributed by atoms with Gasteiger partial charge in [0.25, 0.3) is 0 Å². The van der Waals surface area contributed by atoms with Crippen LogP contribution in [0.5, 0.6) is 0 Å². The molecule has 0 spiro atoms. The van der Waals surface area contributed by atoms with Crippen molar-refractivity contribution in [2.45, 2.75) is 72.6 Å². The first-order valence-corrected chi connectivity index (χ1v) is 12.0. The van der Waals surface area contributed by atoms with Gasteiger partial charge >= 0.3 is 12.1 Å². The molecule has 0 radical (unpaired) electrons. The summed E-state index contributed by atoms with van der Waals surface area (Å²) in [6, 6.07) is 7.37. The average molecular weight is 490 g/mol. The molecule has 0 aromatic heterocycles. The van der Waals surface area contributed by atoms with Gasteiger partial charge in [0.05, 0.1) is 0 Å². The number of nitrogens with zero attached hydrogens (tertiary/aromatic N) is 3. The molecular formula is C26H39N3O6. The largest absolute Gasteiger partial charge is 0.480 e. The van der Waals surface area contributed by atoms with Gasteiger partial charge in [-0.2, -0.15) is 0 Å². The van der Waals surface area contributed by atoms with Gasteiger partial charge in [0, 0.05) is 45.6 Å². The van der Waals surface area contributed by atoms with Crippen molar-refractivity contribution < 1.29 is 29.0 Å². The van der Waals surface area contributed by atoms with E-state index in [1.807, 2.05) is 31.2 Å². The number of ether oxygens (including phenoxy) is 1. The fraction of sp³-hybridized carbons (Fsp3) is 0.615. The van der Waals surface area contributed by atoms with Gasteiger partial charge in [0.2, 0.25) is 11.8 Å². The quantitative estimate of drug-likeness (QED) is 0.628. The third kappa shape index (κ3) is 8.26. The number of aliphatic carboxylic acids is 1. The minimum absolute atomic E-state index is 0.0212. The highest BCUT2D eigenvalue weighted by molar-refractivity contribution is 5.86. The number of hydrogen-bond donors (Lipinski definition) is 1. The van der Waals surface area contributed by atoms with E-state index in [0.717, 1.165) is 11.1 Å². The molecule has 35 heavy (non-hydrogen) atoms. The molecule has 194 valence electrons. The van der Waals surface area contributed by atoms with Gasteiger partial charge in [-0.1, -0.05) is 31.2 Å². The Morgan fingerprint density at radius 1 is 1.06 bits per heavy atom. The summed E-state index contributed by atoms with van der Waals surface area (Å²) >= 11 is 0. The van der Waals surface area contributed by atoms with E-state index in [-0.39, 0.29) is 24.9 Å². The maximum atomic E-state index is 13.7. The molecule has 9 heteroatoms. The summed E-state index contributed by atoms with van der Waals surface area (Å²) in [6.45, 7) is 9.76. The second-order valence-electron chi connectivity index (χ2n) is 10.6. The Labute approximate surface area is 208 Å². The first kappa shape index (κ1) is 28.1. The Kier molecular flexibility index (Phi) is 9.29. The van der Waals surface area contributed by atoms with Crippen LogP contribution < -0.4 is 0 Å². The summed E-state index contributed by atoms with van der Waals surface area (Å²) in [4.78, 5) is 54.2. The first-order valence-electron chi connectivity index (χ1n) is 12.0. The topological polar surface area (TPSA) is 107 Å². The molecule has 1 unspecified atom stereocenters. The standard InChI is InChI=1S/C26H39N3O6/c1-19(30)28-14-9-12-26(5,13-15-28)23(33)29(18-22(31)32)17-21-11-8-7-10-20(21)16-27(6)24(34)35-25(2,3)4/h7-8,10-11H,9,12-18H2,1-6H3,(H,31,32). The minimum atomic E-state index is -1.09. The molecule has 1 aromatic carbocycles. The number of carboxylic acid groups (broad SMARTS) is 1. The van der Waals surface area contributed by atoms with Crippen molar-refractivity contribution in [3.05, 3.63) is 35.4 Å². The Bertz CT molecular complexity index is 941. The number of amides is 3. The SMILES string of the molecule is CC(=O)N1CCCC(C)(C(=O)N(CC(=O)O)Cc2ccccc2CN(C)C(=O)OC(C)(C)C)CC1. The van der Waals surface area contributed by atoms with Crippen molar-refractivity contribution in [3.63, 3.8) is 0 Å². The fourth-order valence-corrected chi connectivity index (χ4v) is 4.28. The highest BCUT2D eigenvalue weighted by atomic mass is 16.6. The van der Waals surface area contributed by atoms with E-state index in [1.54, 1.807) is 32.7 Å². The zero-order chi connectivity index (χ0) is 26.4. The summed E-state index contributed by atoms with van der Waals surface area (Å²) in [5.74, 6) is -1.35. The van der Waals surface area contributed by atoms with Crippen molar-refractivity contribution in [1.82, 2.24) is 14.7 Å². The van der Waals surface area contributed by atoms with E-state index in [0.29, 0.717) is 32.4 Å². The van der Waals surface area contributed by atoms with E-state index in [4.69, 9.17) is 4.74 Å². The van der Waals surface area contributed by atoms with Crippen LogP contribution in [0, 0.1) is 5.41 Å². The molecule has 1 saturated heterocycles. The van der Waals surface area contributed by atoms with E-state index in [9.17, 15) is 24.3 Å². The third-order valence-corrected chi connectivity index (χ3v) is 6.26. The van der Waals surface area contributed by atoms with Gasteiger partial charge in [-0.15, -0.1) is 0 Å². The zero-order valence-corrected chi connectivity index (χ0v) is 21.8. The van der Waals surface area contributed by atoms with Crippen LogP contribution in [0.2, 0.25) is 0 Å². The lowest BCUT2D eigenvalue weighted by atomic mass is 9.81. The Hall–Kier alpha value is -3.10. The van der Waals surface area contributed by atoms with Crippen molar-refractivity contribution in [1.29, 1.82) is 0 Å². The van der Waals surface area contributed by atoms with Crippen LogP contribution in [-0.4, -0.2) is 76.0 Å². The van der Waals surface area contributed by atoms with Gasteiger partial charge < -0.3 is 24.5 Å². The number of rotatable bonds is 7. The second-order valence-corrected chi connectivity index (χ2v) is 10.6. The second kappa shape index (κ2) is 11.6.